The van der Waals surface area contributed by atoms with E-state index in [9.17, 15) is 4.79 Å². The molecule has 1 aromatic carbocycles. The van der Waals surface area contributed by atoms with Crippen LogP contribution in [0.25, 0.3) is 11.5 Å². The van der Waals surface area contributed by atoms with Crippen LogP contribution in [-0.4, -0.2) is 34.8 Å². The average molecular weight is 364 g/mol. The number of anilines is 1. The highest BCUT2D eigenvalue weighted by Gasteiger charge is 2.29. The van der Waals surface area contributed by atoms with Crippen LogP contribution >= 0.6 is 0 Å². The summed E-state index contributed by atoms with van der Waals surface area (Å²) >= 11 is 0. The minimum Gasteiger partial charge on any atom is -0.497 e. The molecular weight excluding hydrogens is 348 g/mol. The lowest BCUT2D eigenvalue weighted by molar-refractivity contribution is -0.125. The van der Waals surface area contributed by atoms with Gasteiger partial charge >= 0.3 is 0 Å². The van der Waals surface area contributed by atoms with Crippen molar-refractivity contribution in [2.45, 2.75) is 12.5 Å². The monoisotopic (exact) mass is 364 g/mol. The van der Waals surface area contributed by atoms with Gasteiger partial charge in [-0.3, -0.25) is 10.1 Å². The number of nitrogens with one attached hydrogen (secondary N) is 1. The fraction of sp³-hybridized carbons (Fsp3) is 0.158. The summed E-state index contributed by atoms with van der Waals surface area (Å²) in [6.45, 7) is 0. The fourth-order valence-corrected chi connectivity index (χ4v) is 2.64. The molecule has 1 atom stereocenters. The first-order chi connectivity index (χ1) is 13.2. The number of amides is 1. The molecule has 4 rings (SSSR count). The number of nitrogens with zero attached hydrogens (tertiary/aromatic N) is 3. The first-order valence-corrected chi connectivity index (χ1v) is 8.28. The molecule has 0 radical (unpaired) electrons. The third-order valence-electron chi connectivity index (χ3n) is 4.05. The largest absolute Gasteiger partial charge is 0.497 e. The first kappa shape index (κ1) is 16.8. The normalized spacial score (nSPS) is 15.7. The van der Waals surface area contributed by atoms with E-state index in [1.807, 2.05) is 24.3 Å². The maximum Gasteiger partial charge on any atom is 0.271 e. The summed E-state index contributed by atoms with van der Waals surface area (Å²) < 4.78 is 10.4. The lowest BCUT2D eigenvalue weighted by Gasteiger charge is -2.08. The van der Waals surface area contributed by atoms with Crippen LogP contribution < -0.4 is 10.1 Å². The molecule has 0 bridgehead atoms. The van der Waals surface area contributed by atoms with E-state index in [-0.39, 0.29) is 11.9 Å². The van der Waals surface area contributed by atoms with Gasteiger partial charge in [0.15, 0.2) is 5.76 Å². The van der Waals surface area contributed by atoms with Gasteiger partial charge in [-0.25, -0.2) is 9.97 Å². The Balaban J connectivity index is 1.40. The minimum absolute atomic E-state index is 0.176. The number of oxime groups is 1. The van der Waals surface area contributed by atoms with Gasteiger partial charge in [0.25, 0.3) is 5.91 Å². The second kappa shape index (κ2) is 7.28. The highest BCUT2D eigenvalue weighted by Crippen LogP contribution is 2.21. The van der Waals surface area contributed by atoms with Gasteiger partial charge in [-0.2, -0.15) is 0 Å². The maximum absolute atomic E-state index is 12.5. The molecule has 8 heteroatoms. The molecule has 27 heavy (non-hydrogen) atoms. The zero-order valence-electron chi connectivity index (χ0n) is 14.5. The van der Waals surface area contributed by atoms with Gasteiger partial charge in [0.1, 0.15) is 11.4 Å². The Morgan fingerprint density at radius 2 is 2.07 bits per heavy atom. The smallest absolute Gasteiger partial charge is 0.271 e. The Hall–Kier alpha value is -3.68. The summed E-state index contributed by atoms with van der Waals surface area (Å²) in [6.07, 6.45) is 2.73. The lowest BCUT2D eigenvalue weighted by atomic mass is 10.0. The van der Waals surface area contributed by atoms with E-state index in [1.165, 1.54) is 0 Å². The number of aromatic nitrogens is 2. The number of hydrogen-bond donors (Lipinski definition) is 1. The minimum atomic E-state index is -0.738. The Bertz CT molecular complexity index is 968. The van der Waals surface area contributed by atoms with E-state index in [0.717, 1.165) is 11.3 Å². The van der Waals surface area contributed by atoms with Crippen LogP contribution in [0.5, 0.6) is 5.75 Å². The standard InChI is InChI=1S/C19H16N4O4/c1-25-13-6-4-12(5-7-13)15-11-17(27-23-15)18(24)22-19-20-9-8-14(21-19)16-3-2-10-26-16/h2-10,17H,11H2,1H3,(H,20,21,22,24). The van der Waals surface area contributed by atoms with Crippen molar-refractivity contribution in [3.05, 3.63) is 60.5 Å². The molecule has 0 saturated heterocycles. The molecule has 1 N–H and O–H groups in total. The Kier molecular flexibility index (Phi) is 4.52. The third-order valence-corrected chi connectivity index (χ3v) is 4.05. The number of carbonyl (C=O) groups excluding carboxylic acids is 1. The summed E-state index contributed by atoms with van der Waals surface area (Å²) in [5, 5.41) is 6.68. The molecule has 1 aliphatic rings. The predicted octanol–water partition coefficient (Wildman–Crippen LogP) is 2.88. The second-order valence-electron chi connectivity index (χ2n) is 5.80. The van der Waals surface area contributed by atoms with Crippen molar-refractivity contribution in [2.75, 3.05) is 12.4 Å². The zero-order chi connectivity index (χ0) is 18.6. The number of hydrogen-bond acceptors (Lipinski definition) is 7. The quantitative estimate of drug-likeness (QED) is 0.747. The van der Waals surface area contributed by atoms with Crippen molar-refractivity contribution in [2.24, 2.45) is 5.16 Å². The van der Waals surface area contributed by atoms with Crippen LogP contribution in [0.1, 0.15) is 12.0 Å². The molecule has 0 saturated carbocycles. The number of furan rings is 1. The summed E-state index contributed by atoms with van der Waals surface area (Å²) in [7, 11) is 1.61. The predicted molar refractivity (Wildman–Crippen MR) is 97.4 cm³/mol. The molecule has 1 amide bonds. The topological polar surface area (TPSA) is 98.8 Å². The van der Waals surface area contributed by atoms with E-state index in [1.54, 1.807) is 37.8 Å². The van der Waals surface area contributed by atoms with E-state index in [4.69, 9.17) is 14.0 Å². The van der Waals surface area contributed by atoms with Crippen LogP contribution in [0.2, 0.25) is 0 Å². The van der Waals surface area contributed by atoms with Gasteiger partial charge in [0, 0.05) is 12.6 Å². The number of benzene rings is 1. The molecule has 0 fully saturated rings. The molecule has 1 unspecified atom stereocenters. The Morgan fingerprint density at radius 1 is 1.22 bits per heavy atom. The van der Waals surface area contributed by atoms with Crippen LogP contribution in [0.3, 0.4) is 0 Å². The summed E-state index contributed by atoms with van der Waals surface area (Å²) in [6, 6.07) is 12.7. The molecule has 0 aliphatic carbocycles. The maximum atomic E-state index is 12.5. The molecule has 3 heterocycles. The second-order valence-corrected chi connectivity index (χ2v) is 5.80. The number of rotatable bonds is 5. The van der Waals surface area contributed by atoms with Gasteiger partial charge in [-0.05, 0) is 48.0 Å². The van der Waals surface area contributed by atoms with Crippen molar-refractivity contribution in [1.82, 2.24) is 9.97 Å². The van der Waals surface area contributed by atoms with E-state index < -0.39 is 6.10 Å². The Morgan fingerprint density at radius 3 is 2.81 bits per heavy atom. The van der Waals surface area contributed by atoms with Crippen molar-refractivity contribution >= 4 is 17.6 Å². The van der Waals surface area contributed by atoms with E-state index in [0.29, 0.717) is 23.6 Å². The van der Waals surface area contributed by atoms with Crippen molar-refractivity contribution in [3.8, 4) is 17.2 Å². The SMILES string of the molecule is COc1ccc(C2=NOC(C(=O)Nc3nccc(-c4ccco4)n3)C2)cc1. The summed E-state index contributed by atoms with van der Waals surface area (Å²) in [5.74, 6) is 1.16. The van der Waals surface area contributed by atoms with Crippen molar-refractivity contribution in [1.29, 1.82) is 0 Å². The summed E-state index contributed by atoms with van der Waals surface area (Å²) in [5.41, 5.74) is 2.15. The molecule has 8 nitrogen and oxygen atoms in total. The van der Waals surface area contributed by atoms with Gasteiger partial charge in [0.05, 0.1) is 19.1 Å². The number of ether oxygens (including phenoxy) is 1. The van der Waals surface area contributed by atoms with Gasteiger partial charge < -0.3 is 14.0 Å². The van der Waals surface area contributed by atoms with Gasteiger partial charge in [-0.1, -0.05) is 5.16 Å². The summed E-state index contributed by atoms with van der Waals surface area (Å²) in [4.78, 5) is 26.1. The average Bonchev–Trinajstić information content (AvgIpc) is 3.40. The highest BCUT2D eigenvalue weighted by atomic mass is 16.6. The first-order valence-electron chi connectivity index (χ1n) is 8.28. The number of methoxy groups -OCH3 is 1. The Labute approximate surface area is 154 Å². The van der Waals surface area contributed by atoms with E-state index >= 15 is 0 Å². The molecule has 3 aromatic rings. The molecule has 2 aromatic heterocycles. The molecule has 136 valence electrons. The van der Waals surface area contributed by atoms with Crippen LogP contribution in [-0.2, 0) is 9.63 Å². The molecule has 0 spiro atoms. The lowest BCUT2D eigenvalue weighted by Crippen LogP contribution is -2.28. The third kappa shape index (κ3) is 3.64. The van der Waals surface area contributed by atoms with Crippen LogP contribution in [0, 0.1) is 0 Å². The van der Waals surface area contributed by atoms with Gasteiger partial charge in [-0.15, -0.1) is 0 Å². The van der Waals surface area contributed by atoms with Gasteiger partial charge in [0.2, 0.25) is 12.1 Å². The highest BCUT2D eigenvalue weighted by molar-refractivity contribution is 6.05. The fourth-order valence-electron chi connectivity index (χ4n) is 2.64. The molecule has 1 aliphatic heterocycles. The zero-order valence-corrected chi connectivity index (χ0v) is 14.5. The van der Waals surface area contributed by atoms with Crippen molar-refractivity contribution in [3.63, 3.8) is 0 Å². The molecular formula is C19H16N4O4. The van der Waals surface area contributed by atoms with E-state index in [2.05, 4.69) is 20.4 Å². The number of carbonyl (C=O) groups is 1. The van der Waals surface area contributed by atoms with Crippen molar-refractivity contribution < 1.29 is 18.8 Å². The van der Waals surface area contributed by atoms with Crippen LogP contribution in [0.4, 0.5) is 5.95 Å². The van der Waals surface area contributed by atoms with Crippen LogP contribution in [0.15, 0.2) is 64.5 Å².